The van der Waals surface area contributed by atoms with Gasteiger partial charge in [0, 0.05) is 12.6 Å². The quantitative estimate of drug-likeness (QED) is 0.884. The van der Waals surface area contributed by atoms with Crippen molar-refractivity contribution in [1.82, 2.24) is 4.72 Å². The lowest BCUT2D eigenvalue weighted by molar-refractivity contribution is 0.554. The fourth-order valence-corrected chi connectivity index (χ4v) is 3.32. The van der Waals surface area contributed by atoms with Crippen LogP contribution in [0.5, 0.6) is 0 Å². The zero-order chi connectivity index (χ0) is 16.2. The summed E-state index contributed by atoms with van der Waals surface area (Å²) in [6, 6.07) is 11.7. The Labute approximate surface area is 129 Å². The summed E-state index contributed by atoms with van der Waals surface area (Å²) in [5, 5.41) is 0. The van der Waals surface area contributed by atoms with Gasteiger partial charge in [0.15, 0.2) is 0 Å². The maximum atomic E-state index is 13.2. The van der Waals surface area contributed by atoms with E-state index in [0.717, 1.165) is 24.1 Å². The normalized spacial score (nSPS) is 13.0. The van der Waals surface area contributed by atoms with Crippen LogP contribution < -0.4 is 4.72 Å². The first-order valence-corrected chi connectivity index (χ1v) is 8.41. The van der Waals surface area contributed by atoms with Crippen molar-refractivity contribution < 1.29 is 17.2 Å². The van der Waals surface area contributed by atoms with E-state index in [9.17, 15) is 17.2 Å². The third kappa shape index (κ3) is 4.11. The van der Waals surface area contributed by atoms with Crippen molar-refractivity contribution in [2.24, 2.45) is 0 Å². The van der Waals surface area contributed by atoms with Crippen LogP contribution in [-0.4, -0.2) is 15.0 Å². The third-order valence-electron chi connectivity index (χ3n) is 3.43. The molecule has 0 fully saturated rings. The maximum Gasteiger partial charge on any atom is 0.240 e. The van der Waals surface area contributed by atoms with Gasteiger partial charge < -0.3 is 0 Å². The van der Waals surface area contributed by atoms with Gasteiger partial charge in [-0.3, -0.25) is 0 Å². The van der Waals surface area contributed by atoms with E-state index in [0.29, 0.717) is 6.07 Å². The van der Waals surface area contributed by atoms with E-state index >= 15 is 0 Å². The number of halogens is 2. The van der Waals surface area contributed by atoms with Crippen molar-refractivity contribution in [2.45, 2.75) is 24.2 Å². The van der Waals surface area contributed by atoms with Crippen LogP contribution in [0.25, 0.3) is 0 Å². The first-order chi connectivity index (χ1) is 10.4. The first kappa shape index (κ1) is 16.6. The second kappa shape index (κ2) is 6.98. The molecule has 0 aliphatic rings. The number of hydrogen-bond acceptors (Lipinski definition) is 2. The van der Waals surface area contributed by atoms with Crippen LogP contribution in [0.15, 0.2) is 53.4 Å². The van der Waals surface area contributed by atoms with Gasteiger partial charge in [-0.1, -0.05) is 37.3 Å². The lowest BCUT2D eigenvalue weighted by Crippen LogP contribution is -2.28. The Bertz CT molecular complexity index is 713. The largest absolute Gasteiger partial charge is 0.240 e. The molecule has 0 heterocycles. The zero-order valence-electron chi connectivity index (χ0n) is 12.1. The summed E-state index contributed by atoms with van der Waals surface area (Å²) in [6.45, 7) is 2.12. The molecular formula is C16H17F2NO2S. The molecule has 0 saturated heterocycles. The molecule has 0 saturated carbocycles. The molecule has 2 rings (SSSR count). The van der Waals surface area contributed by atoms with Crippen molar-refractivity contribution in [2.75, 3.05) is 6.54 Å². The molecule has 0 aliphatic carbocycles. The van der Waals surface area contributed by atoms with Crippen LogP contribution >= 0.6 is 0 Å². The van der Waals surface area contributed by atoms with E-state index in [4.69, 9.17) is 0 Å². The lowest BCUT2D eigenvalue weighted by atomic mass is 9.97. The van der Waals surface area contributed by atoms with Crippen LogP contribution in [0.2, 0.25) is 0 Å². The van der Waals surface area contributed by atoms with E-state index in [2.05, 4.69) is 4.72 Å². The van der Waals surface area contributed by atoms with Gasteiger partial charge in [-0.2, -0.15) is 0 Å². The minimum absolute atomic E-state index is 0.00520. The molecular weight excluding hydrogens is 308 g/mol. The van der Waals surface area contributed by atoms with Gasteiger partial charge in [0.1, 0.15) is 11.6 Å². The Balaban J connectivity index is 2.15. The highest BCUT2D eigenvalue weighted by molar-refractivity contribution is 7.89. The summed E-state index contributed by atoms with van der Waals surface area (Å²) in [7, 11) is -3.95. The summed E-state index contributed by atoms with van der Waals surface area (Å²) >= 11 is 0. The average Bonchev–Trinajstić information content (AvgIpc) is 2.48. The van der Waals surface area contributed by atoms with Crippen molar-refractivity contribution in [3.63, 3.8) is 0 Å². The Hall–Kier alpha value is -1.79. The molecule has 1 atom stereocenters. The predicted octanol–water partition coefficient (Wildman–Crippen LogP) is 3.44. The fourth-order valence-electron chi connectivity index (χ4n) is 2.20. The standard InChI is InChI=1S/C16H17F2NO2S/c1-2-12(13-6-4-3-5-7-13)11-19-22(20,21)16-9-14(17)8-15(18)10-16/h3-10,12,19H,2,11H2,1H3/t12-/m1/s1. The smallest absolute Gasteiger partial charge is 0.211 e. The molecule has 0 aromatic heterocycles. The average molecular weight is 325 g/mol. The van der Waals surface area contributed by atoms with Crippen molar-refractivity contribution in [3.8, 4) is 0 Å². The van der Waals surface area contributed by atoms with E-state index in [1.54, 1.807) is 0 Å². The second-order valence-electron chi connectivity index (χ2n) is 4.97. The topological polar surface area (TPSA) is 46.2 Å². The number of hydrogen-bond donors (Lipinski definition) is 1. The molecule has 6 heteroatoms. The van der Waals surface area contributed by atoms with Gasteiger partial charge in [-0.25, -0.2) is 21.9 Å². The van der Waals surface area contributed by atoms with Gasteiger partial charge in [0.05, 0.1) is 4.90 Å². The highest BCUT2D eigenvalue weighted by Crippen LogP contribution is 2.20. The van der Waals surface area contributed by atoms with Gasteiger partial charge >= 0.3 is 0 Å². The lowest BCUT2D eigenvalue weighted by Gasteiger charge is -2.16. The van der Waals surface area contributed by atoms with Gasteiger partial charge in [0.25, 0.3) is 0 Å². The Morgan fingerprint density at radius 3 is 2.18 bits per heavy atom. The molecule has 2 aromatic carbocycles. The van der Waals surface area contributed by atoms with E-state index in [1.165, 1.54) is 0 Å². The zero-order valence-corrected chi connectivity index (χ0v) is 12.9. The summed E-state index contributed by atoms with van der Waals surface area (Å²) < 4.78 is 53.0. The van der Waals surface area contributed by atoms with Crippen molar-refractivity contribution in [3.05, 3.63) is 65.7 Å². The number of benzene rings is 2. The molecule has 118 valence electrons. The van der Waals surface area contributed by atoms with Gasteiger partial charge in [-0.05, 0) is 30.0 Å². The highest BCUT2D eigenvalue weighted by Gasteiger charge is 2.18. The molecule has 0 aliphatic heterocycles. The third-order valence-corrected chi connectivity index (χ3v) is 4.83. The van der Waals surface area contributed by atoms with Crippen molar-refractivity contribution in [1.29, 1.82) is 0 Å². The van der Waals surface area contributed by atoms with Gasteiger partial charge in [0.2, 0.25) is 10.0 Å². The van der Waals surface area contributed by atoms with E-state index < -0.39 is 26.6 Å². The monoisotopic (exact) mass is 325 g/mol. The number of sulfonamides is 1. The Morgan fingerprint density at radius 2 is 1.64 bits per heavy atom. The fraction of sp³-hybridized carbons (Fsp3) is 0.250. The second-order valence-corrected chi connectivity index (χ2v) is 6.74. The first-order valence-electron chi connectivity index (χ1n) is 6.93. The highest BCUT2D eigenvalue weighted by atomic mass is 32.2. The van der Waals surface area contributed by atoms with Crippen LogP contribution in [0, 0.1) is 11.6 Å². The summed E-state index contributed by atoms with van der Waals surface area (Å²) in [4.78, 5) is -0.409. The molecule has 2 aromatic rings. The molecule has 0 bridgehead atoms. The summed E-state index contributed by atoms with van der Waals surface area (Å²) in [5.41, 5.74) is 1.01. The molecule has 22 heavy (non-hydrogen) atoms. The molecule has 0 unspecified atom stereocenters. The maximum absolute atomic E-state index is 13.2. The van der Waals surface area contributed by atoms with Crippen LogP contribution in [0.3, 0.4) is 0 Å². The van der Waals surface area contributed by atoms with Crippen LogP contribution in [-0.2, 0) is 10.0 Å². The van der Waals surface area contributed by atoms with E-state index in [1.807, 2.05) is 37.3 Å². The molecule has 3 nitrogen and oxygen atoms in total. The molecule has 0 spiro atoms. The SMILES string of the molecule is CC[C@H](CNS(=O)(=O)c1cc(F)cc(F)c1)c1ccccc1. The van der Waals surface area contributed by atoms with E-state index in [-0.39, 0.29) is 12.5 Å². The molecule has 0 amide bonds. The molecule has 0 radical (unpaired) electrons. The molecule has 1 N–H and O–H groups in total. The predicted molar refractivity (Wildman–Crippen MR) is 81.0 cm³/mol. The minimum atomic E-state index is -3.95. The minimum Gasteiger partial charge on any atom is -0.211 e. The van der Waals surface area contributed by atoms with Crippen LogP contribution in [0.4, 0.5) is 8.78 Å². The Morgan fingerprint density at radius 1 is 1.05 bits per heavy atom. The number of rotatable bonds is 6. The van der Waals surface area contributed by atoms with Gasteiger partial charge in [-0.15, -0.1) is 0 Å². The Kier molecular flexibility index (Phi) is 5.26. The summed E-state index contributed by atoms with van der Waals surface area (Å²) in [6.07, 6.45) is 0.740. The van der Waals surface area contributed by atoms with Crippen LogP contribution in [0.1, 0.15) is 24.8 Å². The van der Waals surface area contributed by atoms with Crippen molar-refractivity contribution >= 4 is 10.0 Å². The summed E-state index contributed by atoms with van der Waals surface area (Å²) in [5.74, 6) is -1.85. The number of nitrogens with one attached hydrogen (secondary N) is 1.